The summed E-state index contributed by atoms with van der Waals surface area (Å²) in [5.41, 5.74) is 2.15. The van der Waals surface area contributed by atoms with Gasteiger partial charge in [-0.05, 0) is 44.7 Å². The van der Waals surface area contributed by atoms with Gasteiger partial charge in [0.15, 0.2) is 0 Å². The van der Waals surface area contributed by atoms with Crippen molar-refractivity contribution >= 4 is 50.0 Å². The molecule has 1 amide bonds. The van der Waals surface area contributed by atoms with E-state index in [9.17, 15) is 4.79 Å². The normalized spacial score (nSPS) is 23.1. The van der Waals surface area contributed by atoms with E-state index in [-0.39, 0.29) is 24.0 Å². The molecule has 1 aliphatic heterocycles. The number of nitrogens with one attached hydrogen (secondary N) is 2. The summed E-state index contributed by atoms with van der Waals surface area (Å²) in [6.07, 6.45) is 7.73. The van der Waals surface area contributed by atoms with Crippen LogP contribution in [-0.4, -0.2) is 61.3 Å². The van der Waals surface area contributed by atoms with E-state index in [1.54, 1.807) is 30.1 Å². The highest BCUT2D eigenvalue weighted by atomic mass is 32.1. The first-order valence-corrected chi connectivity index (χ1v) is 12.1. The predicted octanol–water partition coefficient (Wildman–Crippen LogP) is 3.45. The topological polar surface area (TPSA) is 109 Å². The zero-order chi connectivity index (χ0) is 22.5. The SMILES string of the molecule is C[C@@H]1CN(C(=O)[C@H]2CCc3c(sc4ncnc(Nc5cc6cn[nH]c6cn5)c34)C2)C[C@H](C)O1. The second kappa shape index (κ2) is 8.03. The minimum atomic E-state index is 0.0117. The summed E-state index contributed by atoms with van der Waals surface area (Å²) in [5.74, 6) is 1.73. The number of aryl methyl sites for hydroxylation is 1. The Kier molecular flexibility index (Phi) is 4.99. The molecule has 0 saturated carbocycles. The first-order chi connectivity index (χ1) is 16.0. The molecule has 5 heterocycles. The fourth-order valence-electron chi connectivity index (χ4n) is 5.06. The average Bonchev–Trinajstić information content (AvgIpc) is 3.41. The number of aromatic amines is 1. The van der Waals surface area contributed by atoms with E-state index in [2.05, 4.69) is 30.5 Å². The van der Waals surface area contributed by atoms with Crippen LogP contribution in [-0.2, 0) is 22.4 Å². The van der Waals surface area contributed by atoms with E-state index >= 15 is 0 Å². The van der Waals surface area contributed by atoms with Gasteiger partial charge in [0.2, 0.25) is 5.91 Å². The molecular weight excluding hydrogens is 438 g/mol. The molecule has 4 aromatic rings. The number of H-pyrrole nitrogens is 1. The van der Waals surface area contributed by atoms with E-state index in [0.29, 0.717) is 18.9 Å². The molecule has 2 N–H and O–H groups in total. The molecule has 0 radical (unpaired) electrons. The lowest BCUT2D eigenvalue weighted by Crippen LogP contribution is -2.50. The van der Waals surface area contributed by atoms with Gasteiger partial charge in [0.05, 0.1) is 35.5 Å². The molecule has 170 valence electrons. The van der Waals surface area contributed by atoms with Crippen LogP contribution in [0.4, 0.5) is 11.6 Å². The molecule has 33 heavy (non-hydrogen) atoms. The quantitative estimate of drug-likeness (QED) is 0.479. The van der Waals surface area contributed by atoms with E-state index in [1.807, 2.05) is 24.8 Å². The van der Waals surface area contributed by atoms with Crippen LogP contribution in [0.3, 0.4) is 0 Å². The Morgan fingerprint density at radius 3 is 2.91 bits per heavy atom. The van der Waals surface area contributed by atoms with Gasteiger partial charge in [-0.3, -0.25) is 9.89 Å². The van der Waals surface area contributed by atoms with Crippen molar-refractivity contribution < 1.29 is 9.53 Å². The monoisotopic (exact) mass is 463 g/mol. The van der Waals surface area contributed by atoms with Crippen LogP contribution in [0.15, 0.2) is 24.8 Å². The van der Waals surface area contributed by atoms with Gasteiger partial charge in [0.1, 0.15) is 22.8 Å². The molecule has 10 heteroatoms. The summed E-state index contributed by atoms with van der Waals surface area (Å²) in [6.45, 7) is 5.42. The highest BCUT2D eigenvalue weighted by molar-refractivity contribution is 7.19. The minimum absolute atomic E-state index is 0.0117. The molecule has 9 nitrogen and oxygen atoms in total. The van der Waals surface area contributed by atoms with Crippen molar-refractivity contribution in [3.05, 3.63) is 35.2 Å². The molecule has 0 aromatic carbocycles. The van der Waals surface area contributed by atoms with Crippen molar-refractivity contribution in [2.45, 2.75) is 45.3 Å². The van der Waals surface area contributed by atoms with Crippen LogP contribution in [0.2, 0.25) is 0 Å². The lowest BCUT2D eigenvalue weighted by molar-refractivity contribution is -0.147. The molecule has 1 fully saturated rings. The summed E-state index contributed by atoms with van der Waals surface area (Å²) in [6, 6.07) is 1.95. The lowest BCUT2D eigenvalue weighted by Gasteiger charge is -2.37. The third-order valence-electron chi connectivity index (χ3n) is 6.50. The second-order valence-electron chi connectivity index (χ2n) is 9.00. The van der Waals surface area contributed by atoms with Gasteiger partial charge < -0.3 is 15.0 Å². The Balaban J connectivity index is 1.27. The number of carbonyl (C=O) groups is 1. The molecule has 0 spiro atoms. The maximum atomic E-state index is 13.3. The van der Waals surface area contributed by atoms with Gasteiger partial charge in [-0.25, -0.2) is 15.0 Å². The highest BCUT2D eigenvalue weighted by Crippen LogP contribution is 2.41. The number of fused-ring (bicyclic) bond motifs is 4. The van der Waals surface area contributed by atoms with Crippen molar-refractivity contribution in [1.82, 2.24) is 30.0 Å². The van der Waals surface area contributed by atoms with Gasteiger partial charge >= 0.3 is 0 Å². The Morgan fingerprint density at radius 1 is 1.21 bits per heavy atom. The standard InChI is InChI=1S/C23H25N7O2S/c1-12-9-30(10-13(2)32-12)23(31)14-3-4-16-18(5-14)33-22-20(16)21(25-11-26-22)28-19-6-15-7-27-29-17(15)8-24-19/h6-8,11-14H,3-5,9-10H2,1-2H3,(H,27,29)(H,24,25,26,28)/t12-,13+,14-/m0/s1. The van der Waals surface area contributed by atoms with E-state index in [0.717, 1.165) is 46.2 Å². The van der Waals surface area contributed by atoms with E-state index in [4.69, 9.17) is 4.74 Å². The largest absolute Gasteiger partial charge is 0.372 e. The number of anilines is 2. The number of thiophene rings is 1. The Labute approximate surface area is 194 Å². The number of ether oxygens (including phenoxy) is 1. The smallest absolute Gasteiger partial charge is 0.226 e. The number of pyridine rings is 1. The molecule has 6 rings (SSSR count). The zero-order valence-electron chi connectivity index (χ0n) is 18.5. The van der Waals surface area contributed by atoms with Crippen LogP contribution in [0.1, 0.15) is 30.7 Å². The molecule has 3 atom stereocenters. The van der Waals surface area contributed by atoms with Crippen LogP contribution < -0.4 is 5.32 Å². The van der Waals surface area contributed by atoms with Gasteiger partial charge in [0, 0.05) is 29.3 Å². The third-order valence-corrected chi connectivity index (χ3v) is 7.66. The maximum absolute atomic E-state index is 13.3. The number of carbonyl (C=O) groups excluding carboxylic acids is 1. The first kappa shape index (κ1) is 20.5. The number of aromatic nitrogens is 5. The number of hydrogen-bond donors (Lipinski definition) is 2. The fraction of sp³-hybridized carbons (Fsp3) is 0.435. The van der Waals surface area contributed by atoms with Gasteiger partial charge in [0.25, 0.3) is 0 Å². The second-order valence-corrected chi connectivity index (χ2v) is 10.1. The van der Waals surface area contributed by atoms with Gasteiger partial charge in [-0.15, -0.1) is 11.3 Å². The summed E-state index contributed by atoms with van der Waals surface area (Å²) in [4.78, 5) is 31.0. The van der Waals surface area contributed by atoms with E-state index < -0.39 is 0 Å². The summed E-state index contributed by atoms with van der Waals surface area (Å²) in [7, 11) is 0. The van der Waals surface area contributed by atoms with Crippen LogP contribution in [0.25, 0.3) is 21.1 Å². The lowest BCUT2D eigenvalue weighted by atomic mass is 9.86. The number of hydrogen-bond acceptors (Lipinski definition) is 8. The first-order valence-electron chi connectivity index (χ1n) is 11.3. The Hall–Kier alpha value is -3.11. The van der Waals surface area contributed by atoms with Gasteiger partial charge in [-0.2, -0.15) is 5.10 Å². The van der Waals surface area contributed by atoms with E-state index in [1.165, 1.54) is 10.4 Å². The van der Waals surface area contributed by atoms with Crippen LogP contribution >= 0.6 is 11.3 Å². The zero-order valence-corrected chi connectivity index (χ0v) is 19.4. The molecule has 4 aromatic heterocycles. The highest BCUT2D eigenvalue weighted by Gasteiger charge is 2.34. The molecule has 1 aliphatic carbocycles. The number of nitrogens with zero attached hydrogens (tertiary/aromatic N) is 5. The van der Waals surface area contributed by atoms with Crippen molar-refractivity contribution in [3.63, 3.8) is 0 Å². The van der Waals surface area contributed by atoms with Crippen LogP contribution in [0, 0.1) is 5.92 Å². The molecule has 0 bridgehead atoms. The summed E-state index contributed by atoms with van der Waals surface area (Å²) < 4.78 is 5.81. The molecule has 2 aliphatic rings. The fourth-order valence-corrected chi connectivity index (χ4v) is 6.33. The Morgan fingerprint density at radius 2 is 2.06 bits per heavy atom. The number of rotatable bonds is 3. The van der Waals surface area contributed by atoms with Crippen molar-refractivity contribution in [1.29, 1.82) is 0 Å². The minimum Gasteiger partial charge on any atom is -0.372 e. The molecular formula is C23H25N7O2S. The maximum Gasteiger partial charge on any atom is 0.226 e. The summed E-state index contributed by atoms with van der Waals surface area (Å²) >= 11 is 1.68. The number of amides is 1. The van der Waals surface area contributed by atoms with Crippen molar-refractivity contribution in [2.24, 2.45) is 5.92 Å². The van der Waals surface area contributed by atoms with Crippen molar-refractivity contribution in [3.8, 4) is 0 Å². The van der Waals surface area contributed by atoms with Crippen LogP contribution in [0.5, 0.6) is 0 Å². The molecule has 1 saturated heterocycles. The van der Waals surface area contributed by atoms with Crippen molar-refractivity contribution in [2.75, 3.05) is 18.4 Å². The average molecular weight is 464 g/mol. The number of morpholine rings is 1. The predicted molar refractivity (Wildman–Crippen MR) is 127 cm³/mol. The summed E-state index contributed by atoms with van der Waals surface area (Å²) in [5, 5.41) is 12.4. The van der Waals surface area contributed by atoms with Gasteiger partial charge in [-0.1, -0.05) is 0 Å². The Bertz CT molecular complexity index is 1340. The molecule has 0 unspecified atom stereocenters. The third kappa shape index (κ3) is 3.72.